The van der Waals surface area contributed by atoms with Gasteiger partial charge in [-0.2, -0.15) is 0 Å². The van der Waals surface area contributed by atoms with Gasteiger partial charge in [0.15, 0.2) is 0 Å². The average molecular weight is 499 g/mol. The first-order valence-electron chi connectivity index (χ1n) is 11.1. The van der Waals surface area contributed by atoms with Gasteiger partial charge in [0, 0.05) is 35.6 Å². The molecular weight excluding hydrogens is 471 g/mol. The first-order valence-corrected chi connectivity index (χ1v) is 11.9. The highest BCUT2D eigenvalue weighted by atomic mass is 32.1. The van der Waals surface area contributed by atoms with Crippen molar-refractivity contribution >= 4 is 28.1 Å². The van der Waals surface area contributed by atoms with Gasteiger partial charge in [0.25, 0.3) is 11.5 Å². The number of carbonyl (C=O) groups excluding carboxylic acids is 1. The van der Waals surface area contributed by atoms with Gasteiger partial charge in [-0.15, -0.1) is 11.3 Å². The van der Waals surface area contributed by atoms with Crippen LogP contribution in [-0.4, -0.2) is 32.1 Å². The van der Waals surface area contributed by atoms with Crippen LogP contribution in [0.5, 0.6) is 5.75 Å². The van der Waals surface area contributed by atoms with Crippen LogP contribution in [0.25, 0.3) is 21.3 Å². The van der Waals surface area contributed by atoms with Crippen LogP contribution in [0.2, 0.25) is 0 Å². The van der Waals surface area contributed by atoms with Gasteiger partial charge in [-0.25, -0.2) is 4.39 Å². The van der Waals surface area contributed by atoms with Crippen molar-refractivity contribution in [1.29, 1.82) is 0 Å². The molecule has 35 heavy (non-hydrogen) atoms. The second-order valence-corrected chi connectivity index (χ2v) is 9.91. The number of nitrogens with zero attached hydrogens (tertiary/aromatic N) is 2. The van der Waals surface area contributed by atoms with Crippen molar-refractivity contribution < 1.29 is 19.0 Å². The number of halogens is 1. The number of H-pyrrole nitrogens is 1. The number of aliphatic hydroxyl groups is 1. The lowest BCUT2D eigenvalue weighted by atomic mass is 10.1. The number of aromatic amines is 1. The normalized spacial score (nSPS) is 11.7. The van der Waals surface area contributed by atoms with Gasteiger partial charge in [-0.1, -0.05) is 0 Å². The predicted molar refractivity (Wildman–Crippen MR) is 133 cm³/mol. The molecule has 0 bridgehead atoms. The van der Waals surface area contributed by atoms with E-state index in [2.05, 4.69) is 15.3 Å². The third-order valence-corrected chi connectivity index (χ3v) is 7.07. The van der Waals surface area contributed by atoms with Gasteiger partial charge in [0.05, 0.1) is 22.4 Å². The van der Waals surface area contributed by atoms with Crippen molar-refractivity contribution in [2.75, 3.05) is 6.54 Å². The third kappa shape index (κ3) is 4.85. The van der Waals surface area contributed by atoms with E-state index in [4.69, 9.17) is 4.74 Å². The van der Waals surface area contributed by atoms with Crippen LogP contribution < -0.4 is 15.6 Å². The van der Waals surface area contributed by atoms with Crippen molar-refractivity contribution in [1.82, 2.24) is 19.9 Å². The van der Waals surface area contributed by atoms with Gasteiger partial charge in [-0.3, -0.25) is 14.6 Å². The first kappa shape index (κ1) is 24.6. The Bertz CT molecular complexity index is 1480. The quantitative estimate of drug-likeness (QED) is 0.357. The number of thiophene rings is 1. The number of amides is 1. The van der Waals surface area contributed by atoms with Gasteiger partial charge >= 0.3 is 0 Å². The van der Waals surface area contributed by atoms with E-state index in [0.717, 1.165) is 6.20 Å². The van der Waals surface area contributed by atoms with Crippen molar-refractivity contribution in [2.24, 2.45) is 7.05 Å². The molecule has 0 aliphatic rings. The Morgan fingerprint density at radius 2 is 2.09 bits per heavy atom. The Morgan fingerprint density at radius 1 is 1.34 bits per heavy atom. The molecule has 0 saturated heterocycles. The van der Waals surface area contributed by atoms with E-state index in [1.54, 1.807) is 46.1 Å². The fourth-order valence-corrected chi connectivity index (χ4v) is 4.86. The van der Waals surface area contributed by atoms with Crippen LogP contribution >= 0.6 is 11.3 Å². The van der Waals surface area contributed by atoms with Gasteiger partial charge < -0.3 is 24.7 Å². The molecular formula is C25H27FN4O4S. The molecule has 0 saturated carbocycles. The highest BCUT2D eigenvalue weighted by molar-refractivity contribution is 7.16. The summed E-state index contributed by atoms with van der Waals surface area (Å²) in [5.74, 6) is -0.248. The maximum Gasteiger partial charge on any atom is 0.274 e. The lowest BCUT2D eigenvalue weighted by Gasteiger charge is -2.13. The molecule has 0 aromatic carbocycles. The SMILES string of the molecule is CCNC(=O)c1cc2c(-c3sc(C(C)(C)O)cc3OCc3ncc(F)cc3C)cn(C)c(=O)c2[nH]1. The van der Waals surface area contributed by atoms with E-state index >= 15 is 0 Å². The summed E-state index contributed by atoms with van der Waals surface area (Å²) >= 11 is 1.33. The summed E-state index contributed by atoms with van der Waals surface area (Å²) in [5.41, 5.74) is 1.09. The summed E-state index contributed by atoms with van der Waals surface area (Å²) in [6.07, 6.45) is 2.83. The lowest BCUT2D eigenvalue weighted by molar-refractivity contribution is 0.0823. The van der Waals surface area contributed by atoms with Gasteiger partial charge in [0.2, 0.25) is 0 Å². The van der Waals surface area contributed by atoms with E-state index in [1.165, 1.54) is 22.0 Å². The van der Waals surface area contributed by atoms with Crippen LogP contribution in [0.1, 0.15) is 47.4 Å². The highest BCUT2D eigenvalue weighted by Gasteiger charge is 2.26. The van der Waals surface area contributed by atoms with Crippen LogP contribution in [0.15, 0.2) is 35.4 Å². The number of rotatable bonds is 7. The zero-order chi connectivity index (χ0) is 25.5. The fourth-order valence-electron chi connectivity index (χ4n) is 3.73. The second-order valence-electron chi connectivity index (χ2n) is 8.86. The molecule has 0 radical (unpaired) electrons. The molecule has 0 aliphatic carbocycles. The molecule has 0 spiro atoms. The van der Waals surface area contributed by atoms with Crippen LogP contribution in [0.4, 0.5) is 4.39 Å². The Kier molecular flexibility index (Phi) is 6.52. The van der Waals surface area contributed by atoms with Gasteiger partial charge in [-0.05, 0) is 51.5 Å². The van der Waals surface area contributed by atoms with Gasteiger partial charge in [0.1, 0.15) is 29.4 Å². The summed E-state index contributed by atoms with van der Waals surface area (Å²) in [6, 6.07) is 4.80. The molecule has 4 heterocycles. The standard InChI is InChI=1S/C25H27FN4O4S/c1-6-27-23(31)17-8-15-16(11-30(5)24(32)21(15)29-17)22-19(9-20(35-22)25(3,4)33)34-12-18-13(2)7-14(26)10-28-18/h7-11,29,33H,6,12H2,1-5H3,(H,27,31). The van der Waals surface area contributed by atoms with Crippen molar-refractivity contribution in [3.63, 3.8) is 0 Å². The molecule has 8 nitrogen and oxygen atoms in total. The molecule has 0 unspecified atom stereocenters. The van der Waals surface area contributed by atoms with E-state index < -0.39 is 11.4 Å². The smallest absolute Gasteiger partial charge is 0.274 e. The minimum atomic E-state index is -1.13. The van der Waals surface area contributed by atoms with E-state index in [1.807, 2.05) is 6.92 Å². The Hall–Kier alpha value is -3.50. The molecule has 1 amide bonds. The number of hydrogen-bond acceptors (Lipinski definition) is 6. The Morgan fingerprint density at radius 3 is 2.74 bits per heavy atom. The highest BCUT2D eigenvalue weighted by Crippen LogP contribution is 2.44. The summed E-state index contributed by atoms with van der Waals surface area (Å²) in [4.78, 5) is 33.7. The molecule has 0 atom stereocenters. The predicted octanol–water partition coefficient (Wildman–Crippen LogP) is 3.99. The number of nitrogens with one attached hydrogen (secondary N) is 2. The van der Waals surface area contributed by atoms with E-state index in [9.17, 15) is 19.1 Å². The zero-order valence-electron chi connectivity index (χ0n) is 20.2. The number of fused-ring (bicyclic) bond motifs is 1. The topological polar surface area (TPSA) is 109 Å². The number of ether oxygens (including phenoxy) is 1. The fraction of sp³-hybridized carbons (Fsp3) is 0.320. The molecule has 184 valence electrons. The van der Waals surface area contributed by atoms with Crippen LogP contribution in [0.3, 0.4) is 0 Å². The van der Waals surface area contributed by atoms with Crippen molar-refractivity contribution in [2.45, 2.75) is 39.9 Å². The maximum absolute atomic E-state index is 13.5. The van der Waals surface area contributed by atoms with E-state index in [-0.39, 0.29) is 23.8 Å². The zero-order valence-corrected chi connectivity index (χ0v) is 21.0. The summed E-state index contributed by atoms with van der Waals surface area (Å²) in [5, 5.41) is 14.0. The molecule has 0 aliphatic heterocycles. The van der Waals surface area contributed by atoms with Crippen LogP contribution in [-0.2, 0) is 19.3 Å². The molecule has 4 aromatic heterocycles. The lowest BCUT2D eigenvalue weighted by Crippen LogP contribution is -2.23. The van der Waals surface area contributed by atoms with E-state index in [0.29, 0.717) is 49.8 Å². The molecule has 10 heteroatoms. The van der Waals surface area contributed by atoms with Crippen molar-refractivity contribution in [3.05, 3.63) is 68.6 Å². The Labute approximate surface area is 205 Å². The monoisotopic (exact) mass is 498 g/mol. The molecule has 4 rings (SSSR count). The first-order chi connectivity index (χ1) is 16.5. The number of aryl methyl sites for hydroxylation is 2. The molecule has 4 aromatic rings. The summed E-state index contributed by atoms with van der Waals surface area (Å²) in [6.45, 7) is 7.47. The average Bonchev–Trinajstić information content (AvgIpc) is 3.41. The van der Waals surface area contributed by atoms with Crippen LogP contribution in [0, 0.1) is 12.7 Å². The summed E-state index contributed by atoms with van der Waals surface area (Å²) < 4.78 is 21.0. The Balaban J connectivity index is 1.86. The minimum absolute atomic E-state index is 0.0906. The summed E-state index contributed by atoms with van der Waals surface area (Å²) in [7, 11) is 1.63. The van der Waals surface area contributed by atoms with Crippen molar-refractivity contribution in [3.8, 4) is 16.2 Å². The molecule has 0 fully saturated rings. The second kappa shape index (κ2) is 9.27. The number of carbonyl (C=O) groups is 1. The largest absolute Gasteiger partial charge is 0.486 e. The minimum Gasteiger partial charge on any atom is -0.486 e. The molecule has 3 N–H and O–H groups in total. The number of hydrogen-bond donors (Lipinski definition) is 3. The number of pyridine rings is 2. The third-order valence-electron chi connectivity index (χ3n) is 5.61. The maximum atomic E-state index is 13.5. The number of aromatic nitrogens is 3.